The van der Waals surface area contributed by atoms with Crippen LogP contribution in [0.15, 0.2) is 18.2 Å². The number of carbonyl (C=O) groups is 1. The van der Waals surface area contributed by atoms with Gasteiger partial charge in [-0.1, -0.05) is 18.2 Å². The van der Waals surface area contributed by atoms with Crippen molar-refractivity contribution in [2.75, 3.05) is 44.7 Å². The number of nitrogens with zero attached hydrogens (tertiary/aromatic N) is 6. The Morgan fingerprint density at radius 3 is 2.85 bits per heavy atom. The van der Waals surface area contributed by atoms with E-state index in [0.29, 0.717) is 44.2 Å². The summed E-state index contributed by atoms with van der Waals surface area (Å²) >= 11 is 0. The number of nitriles is 1. The van der Waals surface area contributed by atoms with E-state index in [1.165, 1.54) is 21.6 Å². The Balaban J connectivity index is 1.36. The Kier molecular flexibility index (Phi) is 7.17. The van der Waals surface area contributed by atoms with Gasteiger partial charge in [0.1, 0.15) is 18.0 Å². The molecule has 1 aliphatic carbocycles. The van der Waals surface area contributed by atoms with Crippen LogP contribution in [0.2, 0.25) is 0 Å². The van der Waals surface area contributed by atoms with Crippen molar-refractivity contribution in [1.82, 2.24) is 19.8 Å². The number of anilines is 1. The van der Waals surface area contributed by atoms with Gasteiger partial charge in [0, 0.05) is 31.2 Å². The molecule has 0 radical (unpaired) electrons. The molecular formula is C30H38N6O4. The van der Waals surface area contributed by atoms with Gasteiger partial charge < -0.3 is 29.3 Å². The van der Waals surface area contributed by atoms with E-state index < -0.39 is 17.7 Å². The third-order valence-corrected chi connectivity index (χ3v) is 9.27. The first-order valence-corrected chi connectivity index (χ1v) is 14.5. The van der Waals surface area contributed by atoms with Crippen molar-refractivity contribution in [3.05, 3.63) is 40.5 Å². The Labute approximate surface area is 235 Å². The minimum absolute atomic E-state index is 0.128. The van der Waals surface area contributed by atoms with Crippen molar-refractivity contribution >= 4 is 11.9 Å². The SMILES string of the molecule is Cc1cccc2c1C1(CCC2)CCc2c(nc(OC[C@@H]3CCCN3C)nc2N2CCN(C(=O)O)[C@@H](CC#N)C2)O1. The molecule has 1 aromatic carbocycles. The van der Waals surface area contributed by atoms with Crippen molar-refractivity contribution in [3.63, 3.8) is 0 Å². The van der Waals surface area contributed by atoms with Crippen LogP contribution in [0, 0.1) is 18.3 Å². The van der Waals surface area contributed by atoms with Crippen molar-refractivity contribution in [2.24, 2.45) is 0 Å². The normalized spacial score (nSPS) is 26.1. The molecule has 4 aliphatic rings. The van der Waals surface area contributed by atoms with Gasteiger partial charge in [-0.15, -0.1) is 0 Å². The standard InChI is InChI=1S/C30H38N6O4/c1-20-6-3-7-21-8-4-12-30(25(20)21)13-10-24-26(35-16-17-36(29(37)38)22(18-35)11-14-31)32-28(33-27(24)40-30)39-19-23-9-5-15-34(23)2/h3,6-7,22-23H,4-5,8-13,15-19H2,1-2H3,(H,37,38)/t22-,23-,30?/m0/s1. The van der Waals surface area contributed by atoms with E-state index in [2.05, 4.69) is 48.0 Å². The molecule has 10 nitrogen and oxygen atoms in total. The lowest BCUT2D eigenvalue weighted by Crippen LogP contribution is -2.55. The molecule has 0 bridgehead atoms. The number of aryl methyl sites for hydroxylation is 2. The second kappa shape index (κ2) is 10.8. The average Bonchev–Trinajstić information content (AvgIpc) is 3.36. The maximum absolute atomic E-state index is 11.8. The molecule has 2 fully saturated rings. The summed E-state index contributed by atoms with van der Waals surface area (Å²) in [7, 11) is 2.12. The van der Waals surface area contributed by atoms with Crippen LogP contribution in [0.25, 0.3) is 0 Å². The average molecular weight is 547 g/mol. The summed E-state index contributed by atoms with van der Waals surface area (Å²) in [6.45, 7) is 4.91. The Bertz CT molecular complexity index is 1330. The van der Waals surface area contributed by atoms with Crippen LogP contribution in [0.5, 0.6) is 11.9 Å². The quantitative estimate of drug-likeness (QED) is 0.596. The molecule has 1 unspecified atom stereocenters. The lowest BCUT2D eigenvalue weighted by Gasteiger charge is -2.44. The van der Waals surface area contributed by atoms with Crippen LogP contribution in [-0.2, 0) is 18.4 Å². The van der Waals surface area contributed by atoms with E-state index in [0.717, 1.165) is 62.9 Å². The molecule has 3 aliphatic heterocycles. The van der Waals surface area contributed by atoms with Crippen molar-refractivity contribution in [1.29, 1.82) is 5.26 Å². The Morgan fingerprint density at radius 2 is 2.08 bits per heavy atom. The largest absolute Gasteiger partial charge is 0.466 e. The van der Waals surface area contributed by atoms with Gasteiger partial charge in [0.05, 0.1) is 24.1 Å². The minimum atomic E-state index is -0.995. The maximum atomic E-state index is 11.8. The lowest BCUT2D eigenvalue weighted by molar-refractivity contribution is 0.0183. The maximum Gasteiger partial charge on any atom is 0.407 e. The first-order chi connectivity index (χ1) is 19.4. The van der Waals surface area contributed by atoms with Gasteiger partial charge in [0.15, 0.2) is 0 Å². The molecule has 10 heteroatoms. The predicted octanol–water partition coefficient (Wildman–Crippen LogP) is 3.90. The first kappa shape index (κ1) is 26.6. The summed E-state index contributed by atoms with van der Waals surface area (Å²) < 4.78 is 13.2. The highest BCUT2D eigenvalue weighted by molar-refractivity contribution is 5.66. The molecule has 1 amide bonds. The van der Waals surface area contributed by atoms with E-state index >= 15 is 0 Å². The molecule has 1 spiro atoms. The number of carboxylic acid groups (broad SMARTS) is 1. The zero-order chi connectivity index (χ0) is 27.9. The van der Waals surface area contributed by atoms with Gasteiger partial charge >= 0.3 is 12.1 Å². The third kappa shape index (κ3) is 4.81. The highest BCUT2D eigenvalue weighted by atomic mass is 16.5. The number of fused-ring (bicyclic) bond motifs is 3. The van der Waals surface area contributed by atoms with E-state index in [1.54, 1.807) is 0 Å². The molecule has 2 saturated heterocycles. The topological polar surface area (TPSA) is 115 Å². The molecule has 3 atom stereocenters. The smallest absolute Gasteiger partial charge is 0.407 e. The second-order valence-electron chi connectivity index (χ2n) is 11.7. The fourth-order valence-corrected chi connectivity index (χ4v) is 7.20. The number of likely N-dealkylation sites (tertiary alicyclic amines) is 1. The molecule has 40 heavy (non-hydrogen) atoms. The summed E-state index contributed by atoms with van der Waals surface area (Å²) in [5.41, 5.74) is 4.42. The fraction of sp³-hybridized carbons (Fsp3) is 0.600. The minimum Gasteiger partial charge on any atom is -0.466 e. The Hall–Kier alpha value is -3.58. The van der Waals surface area contributed by atoms with Gasteiger partial charge in [-0.2, -0.15) is 15.2 Å². The number of hydrogen-bond acceptors (Lipinski definition) is 8. The van der Waals surface area contributed by atoms with Crippen LogP contribution in [0.4, 0.5) is 10.6 Å². The van der Waals surface area contributed by atoms with E-state index in [-0.39, 0.29) is 6.42 Å². The molecule has 6 rings (SSSR count). The number of piperazine rings is 1. The van der Waals surface area contributed by atoms with E-state index in [1.807, 2.05) is 0 Å². The van der Waals surface area contributed by atoms with Gasteiger partial charge in [0.25, 0.3) is 0 Å². The van der Waals surface area contributed by atoms with Crippen LogP contribution >= 0.6 is 0 Å². The number of aromatic nitrogens is 2. The van der Waals surface area contributed by atoms with Gasteiger partial charge in [-0.3, -0.25) is 0 Å². The summed E-state index contributed by atoms with van der Waals surface area (Å²) in [6, 6.07) is 8.86. The molecule has 212 valence electrons. The number of amides is 1. The van der Waals surface area contributed by atoms with Gasteiger partial charge in [-0.25, -0.2) is 4.79 Å². The summed E-state index contributed by atoms with van der Waals surface area (Å²) in [6.07, 6.45) is 6.01. The Morgan fingerprint density at radius 1 is 1.20 bits per heavy atom. The molecule has 2 aromatic rings. The highest BCUT2D eigenvalue weighted by Crippen LogP contribution is 2.49. The second-order valence-corrected chi connectivity index (χ2v) is 11.7. The van der Waals surface area contributed by atoms with Gasteiger partial charge in [0.2, 0.25) is 5.88 Å². The summed E-state index contributed by atoms with van der Waals surface area (Å²) in [5.74, 6) is 1.31. The first-order valence-electron chi connectivity index (χ1n) is 14.5. The fourth-order valence-electron chi connectivity index (χ4n) is 7.20. The summed E-state index contributed by atoms with van der Waals surface area (Å²) in [4.78, 5) is 27.4. The molecule has 4 heterocycles. The number of hydrogen-bond donors (Lipinski definition) is 1. The van der Waals surface area contributed by atoms with Crippen LogP contribution in [-0.4, -0.2) is 82.9 Å². The molecule has 0 saturated carbocycles. The van der Waals surface area contributed by atoms with Crippen LogP contribution in [0.1, 0.15) is 60.8 Å². The predicted molar refractivity (Wildman–Crippen MR) is 149 cm³/mol. The molecule has 1 N–H and O–H groups in total. The van der Waals surface area contributed by atoms with Crippen molar-refractivity contribution in [2.45, 2.75) is 76.0 Å². The van der Waals surface area contributed by atoms with Crippen molar-refractivity contribution < 1.29 is 19.4 Å². The number of likely N-dealkylation sites (N-methyl/N-ethyl adjacent to an activating group) is 1. The van der Waals surface area contributed by atoms with E-state index in [4.69, 9.17) is 19.4 Å². The molecule has 1 aromatic heterocycles. The summed E-state index contributed by atoms with van der Waals surface area (Å²) in [5, 5.41) is 19.1. The molecular weight excluding hydrogens is 508 g/mol. The zero-order valence-electron chi connectivity index (χ0n) is 23.4. The monoisotopic (exact) mass is 546 g/mol. The number of ether oxygens (including phenoxy) is 2. The van der Waals surface area contributed by atoms with Crippen LogP contribution in [0.3, 0.4) is 0 Å². The number of benzene rings is 1. The van der Waals surface area contributed by atoms with Crippen LogP contribution < -0.4 is 14.4 Å². The number of rotatable bonds is 5. The third-order valence-electron chi connectivity index (χ3n) is 9.27. The van der Waals surface area contributed by atoms with E-state index in [9.17, 15) is 15.2 Å². The van der Waals surface area contributed by atoms with Crippen molar-refractivity contribution in [3.8, 4) is 18.0 Å². The zero-order valence-corrected chi connectivity index (χ0v) is 23.4. The lowest BCUT2D eigenvalue weighted by atomic mass is 9.73. The highest BCUT2D eigenvalue weighted by Gasteiger charge is 2.45. The van der Waals surface area contributed by atoms with Gasteiger partial charge in [-0.05, 0) is 76.6 Å².